The lowest BCUT2D eigenvalue weighted by molar-refractivity contribution is -0.136. The SMILES string of the molecule is C[C@@H]1Cc2c([nH]c3ccccc23)[C@@H](c2c(F)cc(N3CCC(CN4CCN5c6ccc7c(c6OC[C@H]5C4)CN(C4CCC(=O)NC4=O)C7=O)CC3)cc2F)N1CC(F)(F)CO. The second-order valence-electron chi connectivity index (χ2n) is 17.7. The van der Waals surface area contributed by atoms with Crippen LogP contribution in [0, 0.1) is 17.6 Å². The normalized spacial score (nSPS) is 25.0. The highest BCUT2D eigenvalue weighted by Gasteiger charge is 2.45. The quantitative estimate of drug-likeness (QED) is 0.167. The zero-order valence-corrected chi connectivity index (χ0v) is 33.9. The third-order valence-corrected chi connectivity index (χ3v) is 13.9. The number of piperazine rings is 1. The number of H-pyrrole nitrogens is 1. The monoisotopic (exact) mass is 843 g/mol. The van der Waals surface area contributed by atoms with Crippen molar-refractivity contribution in [3.8, 4) is 5.75 Å². The Balaban J connectivity index is 0.794. The van der Waals surface area contributed by atoms with E-state index in [1.54, 1.807) is 11.8 Å². The summed E-state index contributed by atoms with van der Waals surface area (Å²) < 4.78 is 68.8. The lowest BCUT2D eigenvalue weighted by Gasteiger charge is -2.47. The summed E-state index contributed by atoms with van der Waals surface area (Å²) >= 11 is 0. The molecule has 0 saturated carbocycles. The molecule has 3 amide bonds. The summed E-state index contributed by atoms with van der Waals surface area (Å²) in [6.07, 6.45) is 2.57. The van der Waals surface area contributed by atoms with Crippen LogP contribution in [0.4, 0.5) is 28.9 Å². The molecule has 10 rings (SSSR count). The van der Waals surface area contributed by atoms with E-state index in [9.17, 15) is 28.3 Å². The lowest BCUT2D eigenvalue weighted by Crippen LogP contribution is -2.58. The van der Waals surface area contributed by atoms with Gasteiger partial charge in [-0.3, -0.25) is 29.5 Å². The maximum absolute atomic E-state index is 16.4. The number of carbonyl (C=O) groups is 3. The van der Waals surface area contributed by atoms with Gasteiger partial charge in [0.2, 0.25) is 11.8 Å². The van der Waals surface area contributed by atoms with E-state index in [1.165, 1.54) is 17.0 Å². The minimum Gasteiger partial charge on any atom is -0.489 e. The van der Waals surface area contributed by atoms with Gasteiger partial charge in [0.25, 0.3) is 11.8 Å². The molecule has 322 valence electrons. The number of imide groups is 1. The highest BCUT2D eigenvalue weighted by atomic mass is 19.3. The van der Waals surface area contributed by atoms with E-state index < -0.39 is 54.7 Å². The topological polar surface area (TPSA) is 125 Å². The summed E-state index contributed by atoms with van der Waals surface area (Å²) in [6, 6.07) is 11.7. The van der Waals surface area contributed by atoms with Gasteiger partial charge in [-0.15, -0.1) is 0 Å². The first-order valence-corrected chi connectivity index (χ1v) is 21.4. The molecule has 0 aliphatic carbocycles. The van der Waals surface area contributed by atoms with Crippen LogP contribution in [-0.4, -0.2) is 126 Å². The van der Waals surface area contributed by atoms with Crippen molar-refractivity contribution >= 4 is 40.0 Å². The smallest absolute Gasteiger partial charge is 0.283 e. The molecule has 1 unspecified atom stereocenters. The molecule has 0 bridgehead atoms. The van der Waals surface area contributed by atoms with Crippen LogP contribution in [0.25, 0.3) is 10.9 Å². The molecule has 4 aromatic rings. The number of aliphatic hydroxyl groups excluding tert-OH is 1. The molecule has 7 heterocycles. The molecular weight excluding hydrogens is 795 g/mol. The first-order valence-electron chi connectivity index (χ1n) is 21.4. The number of hydrogen-bond donors (Lipinski definition) is 3. The zero-order chi connectivity index (χ0) is 42.3. The van der Waals surface area contributed by atoms with E-state index in [4.69, 9.17) is 4.74 Å². The van der Waals surface area contributed by atoms with Gasteiger partial charge < -0.3 is 29.5 Å². The number of anilines is 2. The predicted molar refractivity (Wildman–Crippen MR) is 219 cm³/mol. The lowest BCUT2D eigenvalue weighted by atomic mass is 9.87. The van der Waals surface area contributed by atoms with E-state index in [2.05, 4.69) is 20.1 Å². The number of benzene rings is 3. The number of nitrogens with one attached hydrogen (secondary N) is 2. The van der Waals surface area contributed by atoms with Crippen LogP contribution < -0.4 is 19.9 Å². The van der Waals surface area contributed by atoms with Crippen LogP contribution in [0.15, 0.2) is 48.5 Å². The van der Waals surface area contributed by atoms with Crippen molar-refractivity contribution < 1.29 is 41.8 Å². The summed E-state index contributed by atoms with van der Waals surface area (Å²) in [7, 11) is 0. The number of nitrogens with zero attached hydrogens (tertiary/aromatic N) is 5. The van der Waals surface area contributed by atoms with Crippen LogP contribution >= 0.6 is 0 Å². The van der Waals surface area contributed by atoms with Crippen LogP contribution in [0.2, 0.25) is 0 Å². The van der Waals surface area contributed by atoms with Crippen molar-refractivity contribution in [3.05, 3.63) is 88.1 Å². The minimum absolute atomic E-state index is 0.116. The van der Waals surface area contributed by atoms with Gasteiger partial charge in [-0.05, 0) is 74.4 Å². The zero-order valence-electron chi connectivity index (χ0n) is 33.9. The summed E-state index contributed by atoms with van der Waals surface area (Å²) in [5.41, 5.74) is 4.50. The Labute approximate surface area is 350 Å². The van der Waals surface area contributed by atoms with Gasteiger partial charge in [-0.2, -0.15) is 0 Å². The second-order valence-corrected chi connectivity index (χ2v) is 17.7. The molecule has 0 radical (unpaired) electrons. The van der Waals surface area contributed by atoms with E-state index in [-0.39, 0.29) is 36.4 Å². The van der Waals surface area contributed by atoms with Crippen LogP contribution in [-0.2, 0) is 22.6 Å². The van der Waals surface area contributed by atoms with Gasteiger partial charge in [0.05, 0.1) is 30.9 Å². The Hall–Kier alpha value is -5.19. The number of piperidine rings is 2. The molecule has 0 spiro atoms. The average molecular weight is 844 g/mol. The number of hydrogen-bond acceptors (Lipinski definition) is 9. The first kappa shape index (κ1) is 39.9. The standard InChI is InChI=1S/C45H49F4N7O5/c1-25-16-31-29-4-2-3-5-35(29)50-40(31)41(56(25)23-45(48,49)24-57)39-33(46)17-27(18-34(39)47)53-12-10-26(11-13-53)19-52-14-15-54-28(20-52)22-61-42-32-21-55(37-8-9-38(58)51-43(37)59)44(60)30(32)6-7-36(42)54/h2-7,17-18,25-26,28,37,41,50,57H,8-16,19-24H2,1H3,(H,51,58,59)/t25-,28-,37?,41-/m1/s1. The van der Waals surface area contributed by atoms with Crippen molar-refractivity contribution in [2.24, 2.45) is 5.92 Å². The molecule has 4 atom stereocenters. The summed E-state index contributed by atoms with van der Waals surface area (Å²) in [5.74, 6) is -4.98. The van der Waals surface area contributed by atoms with E-state index in [0.29, 0.717) is 61.2 Å². The number of aliphatic hydroxyl groups is 1. The molecule has 1 aromatic heterocycles. The molecule has 6 aliphatic rings. The van der Waals surface area contributed by atoms with Crippen molar-refractivity contribution in [1.82, 2.24) is 25.0 Å². The number of ether oxygens (including phenoxy) is 1. The summed E-state index contributed by atoms with van der Waals surface area (Å²) in [5, 5.41) is 12.7. The van der Waals surface area contributed by atoms with E-state index >= 15 is 8.78 Å². The number of aromatic amines is 1. The van der Waals surface area contributed by atoms with Gasteiger partial charge in [-0.25, -0.2) is 17.6 Å². The number of rotatable bonds is 8. The largest absolute Gasteiger partial charge is 0.489 e. The molecule has 6 aliphatic heterocycles. The Morgan fingerprint density at radius 3 is 2.46 bits per heavy atom. The third-order valence-electron chi connectivity index (χ3n) is 13.9. The maximum Gasteiger partial charge on any atom is 0.283 e. The first-order chi connectivity index (χ1) is 29.4. The van der Waals surface area contributed by atoms with Crippen molar-refractivity contribution in [3.63, 3.8) is 0 Å². The Morgan fingerprint density at radius 2 is 1.70 bits per heavy atom. The molecule has 16 heteroatoms. The average Bonchev–Trinajstić information content (AvgIpc) is 3.78. The molecule has 61 heavy (non-hydrogen) atoms. The van der Waals surface area contributed by atoms with Gasteiger partial charge in [-0.1, -0.05) is 18.2 Å². The summed E-state index contributed by atoms with van der Waals surface area (Å²) in [6.45, 7) is 4.80. The Morgan fingerprint density at radius 1 is 0.934 bits per heavy atom. The molecule has 3 saturated heterocycles. The number of fused-ring (bicyclic) bond motifs is 8. The maximum atomic E-state index is 16.4. The number of halogens is 4. The fraction of sp³-hybridized carbons (Fsp3) is 0.489. The molecule has 3 N–H and O–H groups in total. The second kappa shape index (κ2) is 15.3. The fourth-order valence-electron chi connectivity index (χ4n) is 10.8. The van der Waals surface area contributed by atoms with Crippen molar-refractivity contribution in [1.29, 1.82) is 0 Å². The summed E-state index contributed by atoms with van der Waals surface area (Å²) in [4.78, 5) is 50.7. The fourth-order valence-corrected chi connectivity index (χ4v) is 10.8. The molecule has 3 fully saturated rings. The van der Waals surface area contributed by atoms with Crippen LogP contribution in [0.5, 0.6) is 5.75 Å². The number of carbonyl (C=O) groups excluding carboxylic acids is 3. The van der Waals surface area contributed by atoms with Gasteiger partial charge in [0.1, 0.15) is 36.6 Å². The molecular formula is C45H49F4N7O5. The third kappa shape index (κ3) is 7.00. The van der Waals surface area contributed by atoms with E-state index in [0.717, 1.165) is 66.7 Å². The Bertz CT molecular complexity index is 2400. The number of amides is 3. The van der Waals surface area contributed by atoms with Gasteiger partial charge >= 0.3 is 0 Å². The van der Waals surface area contributed by atoms with Crippen LogP contribution in [0.3, 0.4) is 0 Å². The van der Waals surface area contributed by atoms with Crippen LogP contribution in [0.1, 0.15) is 71.4 Å². The van der Waals surface area contributed by atoms with Gasteiger partial charge in [0, 0.05) is 90.7 Å². The number of para-hydroxylation sites is 1. The number of alkyl halides is 2. The molecule has 12 nitrogen and oxygen atoms in total. The van der Waals surface area contributed by atoms with Gasteiger partial charge in [0.15, 0.2) is 0 Å². The minimum atomic E-state index is -3.47. The Kier molecular flexibility index (Phi) is 10.0. The highest BCUT2D eigenvalue weighted by molar-refractivity contribution is 6.06. The highest BCUT2D eigenvalue weighted by Crippen LogP contribution is 2.46. The van der Waals surface area contributed by atoms with E-state index in [1.807, 2.05) is 41.3 Å². The van der Waals surface area contributed by atoms with Crippen molar-refractivity contribution in [2.45, 2.75) is 75.7 Å². The number of aromatic nitrogens is 1. The molecule has 3 aromatic carbocycles. The van der Waals surface area contributed by atoms with Crippen molar-refractivity contribution in [2.75, 3.05) is 68.8 Å². The predicted octanol–water partition coefficient (Wildman–Crippen LogP) is 4.97.